The summed E-state index contributed by atoms with van der Waals surface area (Å²) in [5, 5.41) is 19.9. The summed E-state index contributed by atoms with van der Waals surface area (Å²) in [7, 11) is -3.45. The van der Waals surface area contributed by atoms with Crippen molar-refractivity contribution >= 4 is 33.0 Å². The zero-order valence-corrected chi connectivity index (χ0v) is 25.1. The molecule has 0 saturated carbocycles. The van der Waals surface area contributed by atoms with E-state index in [9.17, 15) is 22.7 Å². The number of aliphatic hydroxyl groups is 1. The number of carbonyl (C=O) groups is 1. The van der Waals surface area contributed by atoms with Crippen LogP contribution in [-0.2, 0) is 33.0 Å². The number of sulfone groups is 1. The highest BCUT2D eigenvalue weighted by atomic mass is 35.5. The minimum absolute atomic E-state index is 0.00988. The van der Waals surface area contributed by atoms with E-state index in [1.54, 1.807) is 0 Å². The van der Waals surface area contributed by atoms with Crippen LogP contribution >= 0.6 is 11.6 Å². The van der Waals surface area contributed by atoms with Gasteiger partial charge in [-0.05, 0) is 61.4 Å². The lowest BCUT2D eigenvalue weighted by Gasteiger charge is -2.35. The summed E-state index contributed by atoms with van der Waals surface area (Å²) < 4.78 is 40.4. The minimum Gasteiger partial charge on any atom is -0.391 e. The SMILES string of the molecule is CC(C)(C)NCC(=O)Nc1c(F)cc(C[C@@H]2CS(=O)(=O)C[C@H](NCc3cccc(C(C)(C)C)c3)[C@H]2O)cc1Cl. The zero-order valence-electron chi connectivity index (χ0n) is 23.6. The quantitative estimate of drug-likeness (QED) is 0.372. The molecule has 0 radical (unpaired) electrons. The van der Waals surface area contributed by atoms with Gasteiger partial charge in [-0.3, -0.25) is 4.79 Å². The molecule has 1 aliphatic heterocycles. The molecular formula is C29H41ClFN3O4S. The number of halogens is 2. The van der Waals surface area contributed by atoms with E-state index < -0.39 is 39.6 Å². The summed E-state index contributed by atoms with van der Waals surface area (Å²) in [4.78, 5) is 12.2. The van der Waals surface area contributed by atoms with Crippen LogP contribution in [0.1, 0.15) is 58.2 Å². The molecule has 0 unspecified atom stereocenters. The Morgan fingerprint density at radius 2 is 1.77 bits per heavy atom. The van der Waals surface area contributed by atoms with Crippen LogP contribution in [0.3, 0.4) is 0 Å². The number of hydrogen-bond acceptors (Lipinski definition) is 6. The largest absolute Gasteiger partial charge is 0.391 e. The second-order valence-electron chi connectivity index (χ2n) is 12.6. The summed E-state index contributed by atoms with van der Waals surface area (Å²) >= 11 is 6.30. The van der Waals surface area contributed by atoms with Gasteiger partial charge >= 0.3 is 0 Å². The normalized spacial score (nSPS) is 21.5. The zero-order chi connectivity index (χ0) is 29.2. The standard InChI is InChI=1S/C29H41ClFN3O4S/c1-28(2,3)21-9-7-8-18(11-21)14-32-24-17-39(37,38)16-20(27(24)36)10-19-12-22(30)26(23(31)13-19)34-25(35)15-33-29(4,5)6/h7-9,11-13,20,24,27,32-33,36H,10,14-17H2,1-6H3,(H,34,35)/t20-,24+,27+/m1/s1. The van der Waals surface area contributed by atoms with Gasteiger partial charge in [-0.15, -0.1) is 0 Å². The molecule has 39 heavy (non-hydrogen) atoms. The lowest BCUT2D eigenvalue weighted by molar-refractivity contribution is -0.115. The number of aliphatic hydroxyl groups excluding tert-OH is 1. The van der Waals surface area contributed by atoms with Crippen LogP contribution in [0.15, 0.2) is 36.4 Å². The fourth-order valence-electron chi connectivity index (χ4n) is 4.64. The van der Waals surface area contributed by atoms with E-state index in [1.807, 2.05) is 32.9 Å². The Bertz CT molecular complexity index is 1270. The average molecular weight is 582 g/mol. The minimum atomic E-state index is -3.45. The van der Waals surface area contributed by atoms with E-state index in [-0.39, 0.29) is 46.1 Å². The molecule has 3 rings (SSSR count). The smallest absolute Gasteiger partial charge is 0.238 e. The first-order valence-electron chi connectivity index (χ1n) is 13.2. The van der Waals surface area contributed by atoms with Gasteiger partial charge in [0, 0.05) is 24.0 Å². The van der Waals surface area contributed by atoms with Gasteiger partial charge in [0.05, 0.1) is 34.9 Å². The van der Waals surface area contributed by atoms with Crippen molar-refractivity contribution in [1.82, 2.24) is 10.6 Å². The van der Waals surface area contributed by atoms with Gasteiger partial charge < -0.3 is 21.1 Å². The molecule has 7 nitrogen and oxygen atoms in total. The topological polar surface area (TPSA) is 108 Å². The summed E-state index contributed by atoms with van der Waals surface area (Å²) in [5.74, 6) is -2.18. The molecule has 0 aromatic heterocycles. The van der Waals surface area contributed by atoms with E-state index in [4.69, 9.17) is 11.6 Å². The summed E-state index contributed by atoms with van der Waals surface area (Å²) in [6, 6.07) is 10.1. The predicted molar refractivity (Wildman–Crippen MR) is 155 cm³/mol. The number of benzene rings is 2. The Balaban J connectivity index is 1.70. The number of anilines is 1. The highest BCUT2D eigenvalue weighted by molar-refractivity contribution is 7.91. The summed E-state index contributed by atoms with van der Waals surface area (Å²) in [6.45, 7) is 12.5. The molecule has 0 spiro atoms. The molecule has 10 heteroatoms. The third-order valence-corrected chi connectivity index (χ3v) is 8.90. The van der Waals surface area contributed by atoms with Crippen molar-refractivity contribution in [3.05, 3.63) is 63.9 Å². The molecule has 1 amide bonds. The van der Waals surface area contributed by atoms with Crippen molar-refractivity contribution in [2.45, 2.75) is 77.6 Å². The maximum Gasteiger partial charge on any atom is 0.238 e. The molecule has 216 valence electrons. The number of amides is 1. The number of carbonyl (C=O) groups excluding carboxylic acids is 1. The van der Waals surface area contributed by atoms with Crippen molar-refractivity contribution in [1.29, 1.82) is 0 Å². The third-order valence-electron chi connectivity index (χ3n) is 6.80. The van der Waals surface area contributed by atoms with Gasteiger partial charge in [0.1, 0.15) is 5.82 Å². The monoisotopic (exact) mass is 581 g/mol. The average Bonchev–Trinajstić information content (AvgIpc) is 2.80. The van der Waals surface area contributed by atoms with E-state index in [1.165, 1.54) is 17.7 Å². The van der Waals surface area contributed by atoms with Crippen LogP contribution in [-0.4, -0.2) is 55.2 Å². The molecule has 0 aliphatic carbocycles. The van der Waals surface area contributed by atoms with Crippen LogP contribution in [0.5, 0.6) is 0 Å². The molecule has 4 N–H and O–H groups in total. The van der Waals surface area contributed by atoms with Crippen molar-refractivity contribution in [2.75, 3.05) is 23.4 Å². The molecule has 0 bridgehead atoms. The highest BCUT2D eigenvalue weighted by Gasteiger charge is 2.39. The lowest BCUT2D eigenvalue weighted by Crippen LogP contribution is -2.54. The molecule has 1 heterocycles. The second kappa shape index (κ2) is 12.2. The van der Waals surface area contributed by atoms with E-state index in [2.05, 4.69) is 48.9 Å². The number of nitrogens with one attached hydrogen (secondary N) is 3. The predicted octanol–water partition coefficient (Wildman–Crippen LogP) is 4.21. The third kappa shape index (κ3) is 9.25. The van der Waals surface area contributed by atoms with Crippen molar-refractivity contribution < 1.29 is 22.7 Å². The lowest BCUT2D eigenvalue weighted by atomic mass is 9.86. The Kier molecular flexibility index (Phi) is 9.87. The van der Waals surface area contributed by atoms with Crippen LogP contribution in [0.25, 0.3) is 0 Å². The Morgan fingerprint density at radius 3 is 2.38 bits per heavy atom. The van der Waals surface area contributed by atoms with Crippen LogP contribution in [0, 0.1) is 11.7 Å². The van der Waals surface area contributed by atoms with Gasteiger partial charge in [-0.1, -0.05) is 56.6 Å². The van der Waals surface area contributed by atoms with Crippen molar-refractivity contribution in [3.63, 3.8) is 0 Å². The fraction of sp³-hybridized carbons (Fsp3) is 0.552. The van der Waals surface area contributed by atoms with Gasteiger partial charge in [0.15, 0.2) is 9.84 Å². The van der Waals surface area contributed by atoms with Crippen molar-refractivity contribution in [2.24, 2.45) is 5.92 Å². The van der Waals surface area contributed by atoms with Crippen molar-refractivity contribution in [3.8, 4) is 0 Å². The number of rotatable bonds is 8. The first kappa shape index (κ1) is 31.5. The Labute approximate surface area is 236 Å². The first-order chi connectivity index (χ1) is 17.9. The van der Waals surface area contributed by atoms with Crippen LogP contribution < -0.4 is 16.0 Å². The summed E-state index contributed by atoms with van der Waals surface area (Å²) in [6.07, 6.45) is -0.835. The molecule has 2 aromatic rings. The molecule has 2 aromatic carbocycles. The first-order valence-corrected chi connectivity index (χ1v) is 15.4. The summed E-state index contributed by atoms with van der Waals surface area (Å²) in [5.41, 5.74) is 2.18. The molecule has 3 atom stereocenters. The Hall–Kier alpha value is -2.04. The molecule has 1 fully saturated rings. The van der Waals surface area contributed by atoms with Gasteiger partial charge in [0.2, 0.25) is 5.91 Å². The molecule has 1 aliphatic rings. The van der Waals surface area contributed by atoms with E-state index >= 15 is 0 Å². The van der Waals surface area contributed by atoms with Crippen LogP contribution in [0.2, 0.25) is 5.02 Å². The van der Waals surface area contributed by atoms with E-state index in [0.717, 1.165) is 5.56 Å². The van der Waals surface area contributed by atoms with Gasteiger partial charge in [-0.25, -0.2) is 12.8 Å². The maximum atomic E-state index is 14.9. The highest BCUT2D eigenvalue weighted by Crippen LogP contribution is 2.31. The number of hydrogen-bond donors (Lipinski definition) is 4. The molecular weight excluding hydrogens is 541 g/mol. The second-order valence-corrected chi connectivity index (χ2v) is 15.1. The Morgan fingerprint density at radius 1 is 1.08 bits per heavy atom. The van der Waals surface area contributed by atoms with Gasteiger partial charge in [0.25, 0.3) is 0 Å². The maximum absolute atomic E-state index is 14.9. The van der Waals surface area contributed by atoms with E-state index in [0.29, 0.717) is 12.1 Å². The van der Waals surface area contributed by atoms with Gasteiger partial charge in [-0.2, -0.15) is 0 Å². The fourth-order valence-corrected chi connectivity index (χ4v) is 6.89. The molecule has 1 saturated heterocycles. The van der Waals surface area contributed by atoms with Crippen LogP contribution in [0.4, 0.5) is 10.1 Å².